The van der Waals surface area contributed by atoms with Gasteiger partial charge in [0, 0.05) is 18.2 Å². The molecule has 0 saturated carbocycles. The molecule has 4 heteroatoms. The van der Waals surface area contributed by atoms with E-state index in [9.17, 15) is 10.1 Å². The maximum atomic E-state index is 10.6. The highest BCUT2D eigenvalue weighted by atomic mass is 16.6. The first-order valence-electron chi connectivity index (χ1n) is 6.98. The van der Waals surface area contributed by atoms with Crippen LogP contribution in [0, 0.1) is 16.0 Å². The van der Waals surface area contributed by atoms with Gasteiger partial charge in [-0.2, -0.15) is 0 Å². The van der Waals surface area contributed by atoms with Gasteiger partial charge in [0.1, 0.15) is 0 Å². The Kier molecular flexibility index (Phi) is 6.50. The van der Waals surface area contributed by atoms with E-state index in [4.69, 9.17) is 0 Å². The van der Waals surface area contributed by atoms with Gasteiger partial charge in [-0.25, -0.2) is 0 Å². The fraction of sp³-hybridized carbons (Fsp3) is 0.600. The van der Waals surface area contributed by atoms with E-state index in [1.807, 2.05) is 12.1 Å². The van der Waals surface area contributed by atoms with Crippen molar-refractivity contribution in [2.75, 3.05) is 6.54 Å². The largest absolute Gasteiger partial charge is 0.310 e. The summed E-state index contributed by atoms with van der Waals surface area (Å²) in [5, 5.41) is 14.0. The summed E-state index contributed by atoms with van der Waals surface area (Å²) in [7, 11) is 0. The smallest absolute Gasteiger partial charge is 0.269 e. The molecule has 0 heterocycles. The lowest BCUT2D eigenvalue weighted by Crippen LogP contribution is -2.19. The van der Waals surface area contributed by atoms with Gasteiger partial charge < -0.3 is 5.32 Å². The van der Waals surface area contributed by atoms with Crippen LogP contribution in [0.15, 0.2) is 24.3 Å². The molecule has 0 bridgehead atoms. The molecular formula is C15H24N2O2. The highest BCUT2D eigenvalue weighted by Crippen LogP contribution is 2.17. The Morgan fingerprint density at radius 3 is 2.32 bits per heavy atom. The Bertz CT molecular complexity index is 388. The summed E-state index contributed by atoms with van der Waals surface area (Å²) in [6.07, 6.45) is 3.70. The molecule has 0 radical (unpaired) electrons. The number of nitro groups is 1. The first-order chi connectivity index (χ1) is 9.00. The van der Waals surface area contributed by atoms with Crippen molar-refractivity contribution in [2.24, 2.45) is 5.92 Å². The molecule has 19 heavy (non-hydrogen) atoms. The third kappa shape index (κ3) is 5.83. The van der Waals surface area contributed by atoms with Crippen molar-refractivity contribution in [1.29, 1.82) is 0 Å². The SMILES string of the molecule is CC(C)CCCCNC(C)c1ccc([N+](=O)[O-])cc1. The predicted molar refractivity (Wildman–Crippen MR) is 78.2 cm³/mol. The van der Waals surface area contributed by atoms with Gasteiger partial charge in [-0.3, -0.25) is 10.1 Å². The summed E-state index contributed by atoms with van der Waals surface area (Å²) in [6, 6.07) is 7.01. The van der Waals surface area contributed by atoms with E-state index in [0.29, 0.717) is 0 Å². The molecule has 0 saturated heterocycles. The fourth-order valence-electron chi connectivity index (χ4n) is 2.00. The van der Waals surface area contributed by atoms with E-state index in [2.05, 4.69) is 26.1 Å². The number of hydrogen-bond donors (Lipinski definition) is 1. The first kappa shape index (κ1) is 15.6. The normalized spacial score (nSPS) is 12.6. The third-order valence-corrected chi connectivity index (χ3v) is 3.26. The van der Waals surface area contributed by atoms with Crippen molar-refractivity contribution in [3.63, 3.8) is 0 Å². The minimum atomic E-state index is -0.367. The van der Waals surface area contributed by atoms with Gasteiger partial charge in [0.2, 0.25) is 0 Å². The molecule has 0 aliphatic rings. The van der Waals surface area contributed by atoms with Crippen molar-refractivity contribution in [2.45, 2.75) is 46.1 Å². The molecule has 106 valence electrons. The van der Waals surface area contributed by atoms with Crippen molar-refractivity contribution < 1.29 is 4.92 Å². The van der Waals surface area contributed by atoms with Crippen LogP contribution in [0.25, 0.3) is 0 Å². The number of nitro benzene ring substituents is 1. The van der Waals surface area contributed by atoms with Crippen molar-refractivity contribution >= 4 is 5.69 Å². The highest BCUT2D eigenvalue weighted by molar-refractivity contribution is 5.33. The Balaban J connectivity index is 2.33. The van der Waals surface area contributed by atoms with E-state index in [0.717, 1.165) is 18.0 Å². The summed E-state index contributed by atoms with van der Waals surface area (Å²) in [6.45, 7) is 7.56. The summed E-state index contributed by atoms with van der Waals surface area (Å²) in [5.74, 6) is 0.770. The monoisotopic (exact) mass is 264 g/mol. The number of non-ortho nitro benzene ring substituents is 1. The van der Waals surface area contributed by atoms with E-state index < -0.39 is 0 Å². The maximum Gasteiger partial charge on any atom is 0.269 e. The lowest BCUT2D eigenvalue weighted by Gasteiger charge is -2.14. The highest BCUT2D eigenvalue weighted by Gasteiger charge is 2.08. The summed E-state index contributed by atoms with van der Waals surface area (Å²) in [5.41, 5.74) is 1.24. The van der Waals surface area contributed by atoms with Crippen LogP contribution in [-0.4, -0.2) is 11.5 Å². The molecular weight excluding hydrogens is 240 g/mol. The summed E-state index contributed by atoms with van der Waals surface area (Å²) in [4.78, 5) is 10.2. The number of nitrogens with one attached hydrogen (secondary N) is 1. The number of benzene rings is 1. The van der Waals surface area contributed by atoms with Crippen LogP contribution in [0.2, 0.25) is 0 Å². The zero-order chi connectivity index (χ0) is 14.3. The van der Waals surface area contributed by atoms with Gasteiger partial charge in [-0.15, -0.1) is 0 Å². The molecule has 1 aromatic carbocycles. The van der Waals surface area contributed by atoms with Gasteiger partial charge in [0.25, 0.3) is 5.69 Å². The zero-order valence-corrected chi connectivity index (χ0v) is 12.1. The zero-order valence-electron chi connectivity index (χ0n) is 12.1. The number of nitrogens with zero attached hydrogens (tertiary/aromatic N) is 1. The van der Waals surface area contributed by atoms with Gasteiger partial charge >= 0.3 is 0 Å². The van der Waals surface area contributed by atoms with E-state index in [1.54, 1.807) is 12.1 Å². The number of hydrogen-bond acceptors (Lipinski definition) is 3. The summed E-state index contributed by atoms with van der Waals surface area (Å²) >= 11 is 0. The van der Waals surface area contributed by atoms with Gasteiger partial charge in [-0.1, -0.05) is 38.8 Å². The van der Waals surface area contributed by atoms with Crippen molar-refractivity contribution in [3.8, 4) is 0 Å². The van der Waals surface area contributed by atoms with Crippen molar-refractivity contribution in [1.82, 2.24) is 5.32 Å². The van der Waals surface area contributed by atoms with Crippen LogP contribution >= 0.6 is 0 Å². The molecule has 0 fully saturated rings. The van der Waals surface area contributed by atoms with E-state index in [-0.39, 0.29) is 16.7 Å². The molecule has 0 amide bonds. The first-order valence-corrected chi connectivity index (χ1v) is 6.98. The Hall–Kier alpha value is -1.42. The second-order valence-electron chi connectivity index (χ2n) is 5.41. The number of rotatable bonds is 8. The average Bonchev–Trinajstić information content (AvgIpc) is 2.37. The second kappa shape index (κ2) is 7.89. The molecule has 0 aliphatic heterocycles. The standard InChI is InChI=1S/C15H24N2O2/c1-12(2)6-4-5-11-16-13(3)14-7-9-15(10-8-14)17(18)19/h7-10,12-13,16H,4-6,11H2,1-3H3. The average molecular weight is 264 g/mol. The quantitative estimate of drug-likeness (QED) is 0.437. The van der Waals surface area contributed by atoms with Crippen LogP contribution in [-0.2, 0) is 0 Å². The number of unbranched alkanes of at least 4 members (excludes halogenated alkanes) is 1. The molecule has 0 aliphatic carbocycles. The molecule has 1 unspecified atom stereocenters. The summed E-state index contributed by atoms with van der Waals surface area (Å²) < 4.78 is 0. The lowest BCUT2D eigenvalue weighted by atomic mass is 10.1. The molecule has 4 nitrogen and oxygen atoms in total. The minimum Gasteiger partial charge on any atom is -0.310 e. The third-order valence-electron chi connectivity index (χ3n) is 3.26. The van der Waals surface area contributed by atoms with Gasteiger partial charge in [0.15, 0.2) is 0 Å². The van der Waals surface area contributed by atoms with E-state index >= 15 is 0 Å². The van der Waals surface area contributed by atoms with Crippen molar-refractivity contribution in [3.05, 3.63) is 39.9 Å². The molecule has 0 aromatic heterocycles. The van der Waals surface area contributed by atoms with Crippen LogP contribution in [0.4, 0.5) is 5.69 Å². The second-order valence-corrected chi connectivity index (χ2v) is 5.41. The molecule has 1 N–H and O–H groups in total. The Labute approximate surface area is 115 Å². The minimum absolute atomic E-state index is 0.146. The Morgan fingerprint density at radius 2 is 1.79 bits per heavy atom. The van der Waals surface area contributed by atoms with Crippen LogP contribution < -0.4 is 5.32 Å². The van der Waals surface area contributed by atoms with E-state index in [1.165, 1.54) is 19.3 Å². The van der Waals surface area contributed by atoms with Gasteiger partial charge in [0.05, 0.1) is 4.92 Å². The maximum absolute atomic E-state index is 10.6. The van der Waals surface area contributed by atoms with Gasteiger partial charge in [-0.05, 0) is 31.4 Å². The van der Waals surface area contributed by atoms with Crippen LogP contribution in [0.1, 0.15) is 51.6 Å². The Morgan fingerprint density at radius 1 is 1.16 bits per heavy atom. The molecule has 1 atom stereocenters. The predicted octanol–water partition coefficient (Wildman–Crippen LogP) is 4.07. The fourth-order valence-corrected chi connectivity index (χ4v) is 2.00. The van der Waals surface area contributed by atoms with Crippen LogP contribution in [0.3, 0.4) is 0 Å². The molecule has 1 rings (SSSR count). The lowest BCUT2D eigenvalue weighted by molar-refractivity contribution is -0.384. The van der Waals surface area contributed by atoms with Crippen LogP contribution in [0.5, 0.6) is 0 Å². The topological polar surface area (TPSA) is 55.2 Å². The molecule has 0 spiro atoms. The molecule has 1 aromatic rings.